The van der Waals surface area contributed by atoms with E-state index in [4.69, 9.17) is 22.1 Å². The van der Waals surface area contributed by atoms with Crippen LogP contribution in [-0.4, -0.2) is 13.1 Å². The molecule has 106 valence electrons. The van der Waals surface area contributed by atoms with Gasteiger partial charge in [-0.1, -0.05) is 11.6 Å². The number of carbonyl (C=O) groups is 1. The Bertz CT molecular complexity index is 627. The monoisotopic (exact) mass is 310 g/mol. The molecule has 2 rings (SSSR count). The van der Waals surface area contributed by atoms with E-state index in [0.717, 1.165) is 9.21 Å². The lowest BCUT2D eigenvalue weighted by Crippen LogP contribution is -2.09. The van der Waals surface area contributed by atoms with Gasteiger partial charge in [-0.25, -0.2) is 4.79 Å². The molecule has 0 aliphatic heterocycles. The topological polar surface area (TPSA) is 64.3 Å². The number of nitrogens with one attached hydrogen (secondary N) is 1. The Balaban J connectivity index is 2.22. The predicted molar refractivity (Wildman–Crippen MR) is 83.6 cm³/mol. The number of halogens is 1. The van der Waals surface area contributed by atoms with Gasteiger partial charge in [-0.3, -0.25) is 0 Å². The predicted octanol–water partition coefficient (Wildman–Crippen LogP) is 3.94. The molecule has 0 aliphatic rings. The number of nitrogens with two attached hydrogens (primary N) is 1. The van der Waals surface area contributed by atoms with Crippen molar-refractivity contribution in [3.8, 4) is 0 Å². The van der Waals surface area contributed by atoms with Crippen molar-refractivity contribution < 1.29 is 9.53 Å². The van der Waals surface area contributed by atoms with Gasteiger partial charge in [0.25, 0.3) is 0 Å². The number of thiophene rings is 1. The molecule has 0 amide bonds. The number of methoxy groups -OCH3 is 1. The van der Waals surface area contributed by atoms with E-state index in [1.54, 1.807) is 18.2 Å². The molecule has 1 aromatic carbocycles. The van der Waals surface area contributed by atoms with Gasteiger partial charge in [0.05, 0.1) is 34.4 Å². The highest BCUT2D eigenvalue weighted by Gasteiger charge is 2.12. The molecule has 1 heterocycles. The van der Waals surface area contributed by atoms with Gasteiger partial charge in [-0.05, 0) is 37.3 Å². The van der Waals surface area contributed by atoms with Gasteiger partial charge < -0.3 is 15.8 Å². The number of hydrogen-bond donors (Lipinski definition) is 2. The average Bonchev–Trinajstić information content (AvgIpc) is 2.87. The molecule has 1 unspecified atom stereocenters. The molecule has 0 aliphatic carbocycles. The maximum atomic E-state index is 11.5. The van der Waals surface area contributed by atoms with Gasteiger partial charge in [0.1, 0.15) is 0 Å². The van der Waals surface area contributed by atoms with Crippen LogP contribution in [0, 0.1) is 0 Å². The van der Waals surface area contributed by atoms with Crippen LogP contribution in [0.1, 0.15) is 28.2 Å². The minimum atomic E-state index is -0.389. The zero-order chi connectivity index (χ0) is 14.7. The van der Waals surface area contributed by atoms with Crippen molar-refractivity contribution in [1.29, 1.82) is 0 Å². The molecule has 20 heavy (non-hydrogen) atoms. The molecule has 6 heteroatoms. The van der Waals surface area contributed by atoms with Crippen LogP contribution in [0.2, 0.25) is 4.34 Å². The quantitative estimate of drug-likeness (QED) is 0.663. The van der Waals surface area contributed by atoms with Crippen LogP contribution in [-0.2, 0) is 4.74 Å². The lowest BCUT2D eigenvalue weighted by atomic mass is 10.1. The van der Waals surface area contributed by atoms with Gasteiger partial charge in [0, 0.05) is 4.88 Å². The van der Waals surface area contributed by atoms with E-state index in [1.807, 2.05) is 19.1 Å². The van der Waals surface area contributed by atoms with Crippen molar-refractivity contribution in [3.63, 3.8) is 0 Å². The van der Waals surface area contributed by atoms with Crippen molar-refractivity contribution in [1.82, 2.24) is 0 Å². The van der Waals surface area contributed by atoms with E-state index in [2.05, 4.69) is 5.32 Å². The van der Waals surface area contributed by atoms with Crippen LogP contribution in [0.5, 0.6) is 0 Å². The third-order valence-corrected chi connectivity index (χ3v) is 4.28. The molecule has 3 N–H and O–H groups in total. The summed E-state index contributed by atoms with van der Waals surface area (Å²) in [5, 5.41) is 3.28. The highest BCUT2D eigenvalue weighted by Crippen LogP contribution is 2.31. The molecule has 0 bridgehead atoms. The minimum absolute atomic E-state index is 0.0442. The van der Waals surface area contributed by atoms with E-state index in [1.165, 1.54) is 18.4 Å². The van der Waals surface area contributed by atoms with Crippen LogP contribution >= 0.6 is 22.9 Å². The highest BCUT2D eigenvalue weighted by molar-refractivity contribution is 7.16. The lowest BCUT2D eigenvalue weighted by molar-refractivity contribution is 0.0601. The minimum Gasteiger partial charge on any atom is -0.465 e. The van der Waals surface area contributed by atoms with Crippen LogP contribution in [0.25, 0.3) is 0 Å². The zero-order valence-corrected chi connectivity index (χ0v) is 12.7. The summed E-state index contributed by atoms with van der Waals surface area (Å²) >= 11 is 7.44. The van der Waals surface area contributed by atoms with E-state index >= 15 is 0 Å². The van der Waals surface area contributed by atoms with E-state index in [9.17, 15) is 4.79 Å². The number of esters is 1. The molecule has 0 fully saturated rings. The molecular weight excluding hydrogens is 296 g/mol. The number of anilines is 2. The number of ether oxygens (including phenoxy) is 1. The summed E-state index contributed by atoms with van der Waals surface area (Å²) in [5.74, 6) is -0.389. The molecular formula is C14H15ClN2O2S. The Morgan fingerprint density at radius 3 is 2.75 bits per heavy atom. The first kappa shape index (κ1) is 14.7. The van der Waals surface area contributed by atoms with Crippen LogP contribution in [0.15, 0.2) is 30.3 Å². The lowest BCUT2D eigenvalue weighted by Gasteiger charge is -2.16. The maximum absolute atomic E-state index is 11.5. The first-order valence-electron chi connectivity index (χ1n) is 6.01. The van der Waals surface area contributed by atoms with Crippen molar-refractivity contribution in [2.75, 3.05) is 18.2 Å². The summed E-state index contributed by atoms with van der Waals surface area (Å²) in [7, 11) is 1.35. The fourth-order valence-electron chi connectivity index (χ4n) is 1.79. The number of benzene rings is 1. The molecule has 0 radical (unpaired) electrons. The molecule has 2 aromatic rings. The maximum Gasteiger partial charge on any atom is 0.337 e. The van der Waals surface area contributed by atoms with Crippen molar-refractivity contribution in [2.45, 2.75) is 13.0 Å². The van der Waals surface area contributed by atoms with Crippen molar-refractivity contribution in [3.05, 3.63) is 45.1 Å². The molecule has 1 atom stereocenters. The Labute approximate surface area is 126 Å². The number of nitrogen functional groups attached to an aromatic ring is 1. The molecule has 4 nitrogen and oxygen atoms in total. The molecule has 0 saturated carbocycles. The van der Waals surface area contributed by atoms with Gasteiger partial charge in [0.2, 0.25) is 0 Å². The SMILES string of the molecule is COC(=O)c1ccc(N)c(NC(C)c2ccc(Cl)s2)c1. The largest absolute Gasteiger partial charge is 0.465 e. The summed E-state index contributed by atoms with van der Waals surface area (Å²) in [5.41, 5.74) is 7.66. The van der Waals surface area contributed by atoms with Gasteiger partial charge in [0.15, 0.2) is 0 Å². The van der Waals surface area contributed by atoms with E-state index < -0.39 is 0 Å². The van der Waals surface area contributed by atoms with Gasteiger partial charge >= 0.3 is 5.97 Å². The summed E-state index contributed by atoms with van der Waals surface area (Å²) in [6, 6.07) is 8.87. The van der Waals surface area contributed by atoms with Crippen molar-refractivity contribution >= 4 is 40.3 Å². The molecule has 0 spiro atoms. The fourth-order valence-corrected chi connectivity index (χ4v) is 2.85. The van der Waals surface area contributed by atoms with E-state index in [0.29, 0.717) is 16.9 Å². The third kappa shape index (κ3) is 3.23. The second kappa shape index (κ2) is 6.15. The summed E-state index contributed by atoms with van der Waals surface area (Å²) in [6.07, 6.45) is 0. The fraction of sp³-hybridized carbons (Fsp3) is 0.214. The van der Waals surface area contributed by atoms with Crippen LogP contribution < -0.4 is 11.1 Å². The highest BCUT2D eigenvalue weighted by atomic mass is 35.5. The zero-order valence-electron chi connectivity index (χ0n) is 11.1. The summed E-state index contributed by atoms with van der Waals surface area (Å²) in [4.78, 5) is 12.6. The smallest absolute Gasteiger partial charge is 0.337 e. The first-order valence-corrected chi connectivity index (χ1v) is 7.20. The van der Waals surface area contributed by atoms with Gasteiger partial charge in [-0.15, -0.1) is 11.3 Å². The van der Waals surface area contributed by atoms with Crippen molar-refractivity contribution in [2.24, 2.45) is 0 Å². The Kier molecular flexibility index (Phi) is 4.52. The third-order valence-electron chi connectivity index (χ3n) is 2.87. The van der Waals surface area contributed by atoms with Gasteiger partial charge in [-0.2, -0.15) is 0 Å². The second-order valence-corrected chi connectivity index (χ2v) is 6.05. The average molecular weight is 311 g/mol. The summed E-state index contributed by atoms with van der Waals surface area (Å²) in [6.45, 7) is 2.01. The number of rotatable bonds is 4. The second-order valence-electron chi connectivity index (χ2n) is 4.30. The number of hydrogen-bond acceptors (Lipinski definition) is 5. The van der Waals surface area contributed by atoms with E-state index in [-0.39, 0.29) is 12.0 Å². The Hall–Kier alpha value is -1.72. The molecule has 0 saturated heterocycles. The molecule has 1 aromatic heterocycles. The summed E-state index contributed by atoms with van der Waals surface area (Å²) < 4.78 is 5.44. The standard InChI is InChI=1S/C14H15ClN2O2S/c1-8(12-5-6-13(15)20-12)17-11-7-9(14(18)19-2)3-4-10(11)16/h3-8,17H,16H2,1-2H3. The van der Waals surface area contributed by atoms with Crippen LogP contribution in [0.3, 0.4) is 0 Å². The first-order chi connectivity index (χ1) is 9.51. The van der Waals surface area contributed by atoms with Crippen LogP contribution in [0.4, 0.5) is 11.4 Å². The Morgan fingerprint density at radius 1 is 1.40 bits per heavy atom. The Morgan fingerprint density at radius 2 is 2.15 bits per heavy atom. The number of carbonyl (C=O) groups excluding carboxylic acids is 1. The normalized spacial score (nSPS) is 11.9.